The Kier molecular flexibility index (Phi) is 8.02. The molecule has 168 valence electrons. The summed E-state index contributed by atoms with van der Waals surface area (Å²) in [6.07, 6.45) is 4.77. The number of anilines is 1. The molecule has 0 aliphatic carbocycles. The van der Waals surface area contributed by atoms with Gasteiger partial charge in [-0.25, -0.2) is 5.43 Å². The van der Waals surface area contributed by atoms with E-state index in [1.165, 1.54) is 11.0 Å². The standard InChI is InChI=1S/C22H26N6O4/c1-5-31-18-9-7-16(11-20(18)29-3)13-23-26-22-27-24-15-28(22)25-14-17-8-10-19(32-6-2)21(12-17)30-4/h7-15H,5-6H2,1-4H3,(H,26,27)/b23-13?,25-14+. The van der Waals surface area contributed by atoms with Crippen molar-refractivity contribution in [3.63, 3.8) is 0 Å². The lowest BCUT2D eigenvalue weighted by molar-refractivity contribution is 0.311. The lowest BCUT2D eigenvalue weighted by Crippen LogP contribution is -2.00. The molecule has 0 unspecified atom stereocenters. The van der Waals surface area contributed by atoms with E-state index in [-0.39, 0.29) is 0 Å². The topological polar surface area (TPSA) is 104 Å². The summed E-state index contributed by atoms with van der Waals surface area (Å²) in [6.45, 7) is 4.96. The zero-order valence-electron chi connectivity index (χ0n) is 18.5. The van der Waals surface area contributed by atoms with Gasteiger partial charge in [0.15, 0.2) is 23.0 Å². The zero-order valence-corrected chi connectivity index (χ0v) is 18.5. The molecule has 0 bridgehead atoms. The number of hydrogen-bond donors (Lipinski definition) is 1. The molecule has 0 spiro atoms. The Labute approximate surface area is 186 Å². The van der Waals surface area contributed by atoms with Crippen LogP contribution in [0.25, 0.3) is 0 Å². The van der Waals surface area contributed by atoms with Crippen LogP contribution in [0.3, 0.4) is 0 Å². The molecule has 3 aromatic rings. The molecule has 0 radical (unpaired) electrons. The molecule has 10 nitrogen and oxygen atoms in total. The van der Waals surface area contributed by atoms with Gasteiger partial charge in [0.2, 0.25) is 0 Å². The molecule has 0 aliphatic rings. The lowest BCUT2D eigenvalue weighted by atomic mass is 10.2. The summed E-state index contributed by atoms with van der Waals surface area (Å²) in [4.78, 5) is 0. The Balaban J connectivity index is 1.68. The first kappa shape index (κ1) is 22.6. The monoisotopic (exact) mass is 438 g/mol. The Hall–Kier alpha value is -4.08. The van der Waals surface area contributed by atoms with Crippen molar-refractivity contribution >= 4 is 18.4 Å². The van der Waals surface area contributed by atoms with Crippen LogP contribution in [0.1, 0.15) is 25.0 Å². The van der Waals surface area contributed by atoms with Crippen LogP contribution in [-0.2, 0) is 0 Å². The van der Waals surface area contributed by atoms with Gasteiger partial charge < -0.3 is 18.9 Å². The molecule has 0 saturated carbocycles. The summed E-state index contributed by atoms with van der Waals surface area (Å²) in [5, 5.41) is 16.4. The summed E-state index contributed by atoms with van der Waals surface area (Å²) >= 11 is 0. The number of nitrogens with zero attached hydrogens (tertiary/aromatic N) is 5. The Morgan fingerprint density at radius 3 is 2.03 bits per heavy atom. The average molecular weight is 438 g/mol. The Bertz CT molecular complexity index is 1080. The highest BCUT2D eigenvalue weighted by Gasteiger charge is 2.06. The number of nitrogens with one attached hydrogen (secondary N) is 1. The van der Waals surface area contributed by atoms with E-state index in [0.717, 1.165) is 11.1 Å². The highest BCUT2D eigenvalue weighted by molar-refractivity contribution is 5.82. The van der Waals surface area contributed by atoms with E-state index in [0.29, 0.717) is 42.2 Å². The number of ether oxygens (including phenoxy) is 4. The van der Waals surface area contributed by atoms with Gasteiger partial charge in [0.25, 0.3) is 5.95 Å². The summed E-state index contributed by atoms with van der Waals surface area (Å²) in [5.74, 6) is 2.98. The zero-order chi connectivity index (χ0) is 22.8. The largest absolute Gasteiger partial charge is 0.493 e. The maximum absolute atomic E-state index is 5.53. The van der Waals surface area contributed by atoms with Gasteiger partial charge in [-0.1, -0.05) is 0 Å². The van der Waals surface area contributed by atoms with Crippen molar-refractivity contribution in [3.8, 4) is 23.0 Å². The second-order valence-corrected chi connectivity index (χ2v) is 6.30. The van der Waals surface area contributed by atoms with Crippen LogP contribution in [0.2, 0.25) is 0 Å². The van der Waals surface area contributed by atoms with E-state index in [2.05, 4.69) is 25.8 Å². The van der Waals surface area contributed by atoms with Gasteiger partial charge in [-0.2, -0.15) is 14.9 Å². The number of hydrogen-bond acceptors (Lipinski definition) is 9. The molecule has 0 aliphatic heterocycles. The van der Waals surface area contributed by atoms with Crippen molar-refractivity contribution < 1.29 is 18.9 Å². The maximum atomic E-state index is 5.53. The van der Waals surface area contributed by atoms with Gasteiger partial charge in [-0.15, -0.1) is 10.2 Å². The third kappa shape index (κ3) is 5.75. The molecule has 1 N–H and O–H groups in total. The van der Waals surface area contributed by atoms with Crippen LogP contribution in [-0.4, -0.2) is 54.7 Å². The second-order valence-electron chi connectivity index (χ2n) is 6.30. The smallest absolute Gasteiger partial charge is 0.265 e. The van der Waals surface area contributed by atoms with Gasteiger partial charge in [0, 0.05) is 0 Å². The third-order valence-corrected chi connectivity index (χ3v) is 4.21. The van der Waals surface area contributed by atoms with Gasteiger partial charge in [-0.05, 0) is 61.4 Å². The van der Waals surface area contributed by atoms with E-state index in [1.807, 2.05) is 50.2 Å². The van der Waals surface area contributed by atoms with Crippen LogP contribution >= 0.6 is 0 Å². The predicted molar refractivity (Wildman–Crippen MR) is 123 cm³/mol. The minimum Gasteiger partial charge on any atom is -0.493 e. The fraction of sp³-hybridized carbons (Fsp3) is 0.273. The number of rotatable bonds is 11. The van der Waals surface area contributed by atoms with Gasteiger partial charge in [-0.3, -0.25) is 0 Å². The lowest BCUT2D eigenvalue weighted by Gasteiger charge is -2.09. The SMILES string of the molecule is CCOc1ccc(C=NNc2nncn2/N=C/c2ccc(OCC)c(OC)c2)cc1OC. The minimum atomic E-state index is 0.355. The Morgan fingerprint density at radius 1 is 0.875 bits per heavy atom. The number of methoxy groups -OCH3 is 2. The summed E-state index contributed by atoms with van der Waals surface area (Å²) < 4.78 is 23.2. The summed E-state index contributed by atoms with van der Waals surface area (Å²) in [5.41, 5.74) is 4.49. The van der Waals surface area contributed by atoms with E-state index >= 15 is 0 Å². The van der Waals surface area contributed by atoms with E-state index in [4.69, 9.17) is 18.9 Å². The molecule has 0 atom stereocenters. The molecule has 0 saturated heterocycles. The molecule has 0 fully saturated rings. The van der Waals surface area contributed by atoms with Gasteiger partial charge >= 0.3 is 0 Å². The molecular weight excluding hydrogens is 412 g/mol. The molecule has 32 heavy (non-hydrogen) atoms. The van der Waals surface area contributed by atoms with Crippen molar-refractivity contribution in [1.82, 2.24) is 14.9 Å². The fourth-order valence-corrected chi connectivity index (χ4v) is 2.76. The number of aromatic nitrogens is 3. The van der Waals surface area contributed by atoms with Crippen LogP contribution in [0, 0.1) is 0 Å². The molecular formula is C22H26N6O4. The second kappa shape index (κ2) is 11.3. The van der Waals surface area contributed by atoms with E-state index in [1.54, 1.807) is 26.6 Å². The van der Waals surface area contributed by atoms with Crippen LogP contribution in [0.5, 0.6) is 23.0 Å². The highest BCUT2D eigenvalue weighted by Crippen LogP contribution is 2.28. The summed E-state index contributed by atoms with van der Waals surface area (Å²) in [7, 11) is 3.19. The fourth-order valence-electron chi connectivity index (χ4n) is 2.76. The molecule has 10 heteroatoms. The molecule has 1 heterocycles. The first-order chi connectivity index (χ1) is 15.7. The van der Waals surface area contributed by atoms with Crippen molar-refractivity contribution in [2.24, 2.45) is 10.2 Å². The minimum absolute atomic E-state index is 0.355. The first-order valence-corrected chi connectivity index (χ1v) is 10.0. The van der Waals surface area contributed by atoms with Crippen LogP contribution in [0.4, 0.5) is 5.95 Å². The first-order valence-electron chi connectivity index (χ1n) is 10.0. The molecule has 0 amide bonds. The van der Waals surface area contributed by atoms with E-state index < -0.39 is 0 Å². The van der Waals surface area contributed by atoms with Crippen molar-refractivity contribution in [2.75, 3.05) is 32.9 Å². The molecule has 2 aromatic carbocycles. The number of benzene rings is 2. The Morgan fingerprint density at radius 2 is 1.47 bits per heavy atom. The van der Waals surface area contributed by atoms with Crippen molar-refractivity contribution in [1.29, 1.82) is 0 Å². The third-order valence-electron chi connectivity index (χ3n) is 4.21. The van der Waals surface area contributed by atoms with Crippen LogP contribution in [0.15, 0.2) is 52.9 Å². The van der Waals surface area contributed by atoms with Gasteiger partial charge in [0.05, 0.1) is 39.9 Å². The van der Waals surface area contributed by atoms with Crippen LogP contribution < -0.4 is 24.4 Å². The highest BCUT2D eigenvalue weighted by atomic mass is 16.5. The van der Waals surface area contributed by atoms with E-state index in [9.17, 15) is 0 Å². The molecule has 1 aromatic heterocycles. The average Bonchev–Trinajstić information content (AvgIpc) is 3.26. The van der Waals surface area contributed by atoms with Crippen molar-refractivity contribution in [3.05, 3.63) is 53.9 Å². The number of hydrazone groups is 1. The maximum Gasteiger partial charge on any atom is 0.265 e. The predicted octanol–water partition coefficient (Wildman–Crippen LogP) is 3.42. The van der Waals surface area contributed by atoms with Crippen molar-refractivity contribution in [2.45, 2.75) is 13.8 Å². The summed E-state index contributed by atoms with van der Waals surface area (Å²) in [6, 6.07) is 11.1. The van der Waals surface area contributed by atoms with Gasteiger partial charge in [0.1, 0.15) is 6.33 Å². The molecule has 3 rings (SSSR count). The quantitative estimate of drug-likeness (QED) is 0.361. The normalized spacial score (nSPS) is 11.1.